The summed E-state index contributed by atoms with van der Waals surface area (Å²) < 4.78 is 0. The van der Waals surface area contributed by atoms with Crippen LogP contribution in [-0.2, 0) is 16.0 Å². The highest BCUT2D eigenvalue weighted by Gasteiger charge is 2.24. The Hall–Kier alpha value is -1.69. The molecule has 6 nitrogen and oxygen atoms in total. The highest BCUT2D eigenvalue weighted by atomic mass is 16.2. The Morgan fingerprint density at radius 3 is 3.18 bits per heavy atom. The Bertz CT molecular complexity index is 371. The lowest BCUT2D eigenvalue weighted by Crippen LogP contribution is -2.46. The second kappa shape index (κ2) is 5.58. The molecule has 1 radical (unpaired) electrons. The van der Waals surface area contributed by atoms with Gasteiger partial charge in [-0.15, -0.1) is 0 Å². The second-order valence-electron chi connectivity index (χ2n) is 4.09. The maximum Gasteiger partial charge on any atom is 0.237 e. The highest BCUT2D eigenvalue weighted by Crippen LogP contribution is 2.05. The molecule has 0 unspecified atom stereocenters. The van der Waals surface area contributed by atoms with Gasteiger partial charge in [-0.2, -0.15) is 0 Å². The molecule has 2 heterocycles. The third-order valence-corrected chi connectivity index (χ3v) is 2.80. The van der Waals surface area contributed by atoms with E-state index < -0.39 is 6.04 Å². The number of aromatic nitrogens is 2. The first kappa shape index (κ1) is 11.8. The summed E-state index contributed by atoms with van der Waals surface area (Å²) in [5, 5.41) is 5.75. The summed E-state index contributed by atoms with van der Waals surface area (Å²) in [5.41, 5.74) is 0.734. The zero-order valence-corrected chi connectivity index (χ0v) is 9.40. The fraction of sp³-hybridized carbons (Fsp3) is 0.545. The number of amides is 1. The molecule has 1 aromatic rings. The van der Waals surface area contributed by atoms with Crippen molar-refractivity contribution >= 4 is 12.2 Å². The van der Waals surface area contributed by atoms with E-state index in [1.807, 2.05) is 6.29 Å². The van der Waals surface area contributed by atoms with Crippen LogP contribution in [0.25, 0.3) is 0 Å². The van der Waals surface area contributed by atoms with Gasteiger partial charge in [0.05, 0.1) is 18.1 Å². The number of hydrogen-bond acceptors (Lipinski definition) is 4. The van der Waals surface area contributed by atoms with Crippen molar-refractivity contribution in [1.29, 1.82) is 0 Å². The zero-order chi connectivity index (χ0) is 12.1. The molecule has 3 N–H and O–H groups in total. The summed E-state index contributed by atoms with van der Waals surface area (Å²) >= 11 is 0. The molecule has 0 aromatic carbocycles. The van der Waals surface area contributed by atoms with Crippen molar-refractivity contribution in [2.24, 2.45) is 0 Å². The Kier molecular flexibility index (Phi) is 3.87. The number of hydrogen-bond donors (Lipinski definition) is 3. The van der Waals surface area contributed by atoms with Crippen LogP contribution in [0.3, 0.4) is 0 Å². The fourth-order valence-corrected chi connectivity index (χ4v) is 1.91. The van der Waals surface area contributed by atoms with Gasteiger partial charge in [-0.3, -0.25) is 9.59 Å². The average Bonchev–Trinajstić information content (AvgIpc) is 3.00. The normalized spacial score (nSPS) is 21.1. The van der Waals surface area contributed by atoms with Gasteiger partial charge in [0.15, 0.2) is 0 Å². The van der Waals surface area contributed by atoms with Gasteiger partial charge in [-0.25, -0.2) is 4.98 Å². The molecule has 2 rings (SSSR count). The monoisotopic (exact) mass is 235 g/mol. The summed E-state index contributed by atoms with van der Waals surface area (Å²) in [5.74, 6) is -0.133. The van der Waals surface area contributed by atoms with Gasteiger partial charge in [0.25, 0.3) is 0 Å². The fourth-order valence-electron chi connectivity index (χ4n) is 1.91. The number of nitrogens with zero attached hydrogens (tertiary/aromatic N) is 1. The number of imidazole rings is 1. The first-order valence-electron chi connectivity index (χ1n) is 5.68. The Balaban J connectivity index is 1.86. The van der Waals surface area contributed by atoms with E-state index >= 15 is 0 Å². The molecule has 0 spiro atoms. The van der Waals surface area contributed by atoms with Crippen LogP contribution in [0.15, 0.2) is 12.5 Å². The van der Waals surface area contributed by atoms with Gasteiger partial charge in [-0.05, 0) is 19.4 Å². The Labute approximate surface area is 99.2 Å². The van der Waals surface area contributed by atoms with Gasteiger partial charge in [0.2, 0.25) is 12.2 Å². The highest BCUT2D eigenvalue weighted by molar-refractivity contribution is 5.84. The van der Waals surface area contributed by atoms with Crippen LogP contribution in [-0.4, -0.2) is 40.8 Å². The summed E-state index contributed by atoms with van der Waals surface area (Å²) in [7, 11) is 0. The predicted octanol–water partition coefficient (Wildman–Crippen LogP) is -0.701. The summed E-state index contributed by atoms with van der Waals surface area (Å²) in [6.07, 6.45) is 7.25. The van der Waals surface area contributed by atoms with Crippen LogP contribution < -0.4 is 10.6 Å². The van der Waals surface area contributed by atoms with Gasteiger partial charge in [0, 0.05) is 12.6 Å². The molecule has 1 saturated heterocycles. The van der Waals surface area contributed by atoms with Crippen LogP contribution in [0.4, 0.5) is 0 Å². The van der Waals surface area contributed by atoms with E-state index in [-0.39, 0.29) is 11.9 Å². The minimum atomic E-state index is -0.631. The Morgan fingerprint density at radius 1 is 1.71 bits per heavy atom. The molecule has 1 aromatic heterocycles. The van der Waals surface area contributed by atoms with Crippen molar-refractivity contribution < 1.29 is 9.59 Å². The lowest BCUT2D eigenvalue weighted by atomic mass is 10.1. The minimum absolute atomic E-state index is 0.133. The standard InChI is InChI=1S/C11H15N4O2/c16-6-9(4-8-5-12-7-14-8)15-11(17)10-2-1-3-13-10/h5,7,9-10,13H,1-4H2,(H,12,14)(H,15,17)/t9-,10-/m1/s1. The SMILES string of the molecule is O=[C][C@@H](Cc1c[nH]cn1)NC(=O)[C@H]1CCCN1. The molecule has 2 atom stereocenters. The second-order valence-corrected chi connectivity index (χ2v) is 4.09. The molecule has 1 fully saturated rings. The van der Waals surface area contributed by atoms with Gasteiger partial charge in [0.1, 0.15) is 6.04 Å². The minimum Gasteiger partial charge on any atom is -0.351 e. The van der Waals surface area contributed by atoms with Crippen LogP contribution in [0.2, 0.25) is 0 Å². The largest absolute Gasteiger partial charge is 0.351 e. The smallest absolute Gasteiger partial charge is 0.237 e. The molecule has 1 amide bonds. The molecule has 1 aliphatic heterocycles. The third kappa shape index (κ3) is 3.13. The first-order chi connectivity index (χ1) is 8.29. The Morgan fingerprint density at radius 2 is 2.59 bits per heavy atom. The maximum absolute atomic E-state index is 11.8. The molecule has 1 aliphatic rings. The van der Waals surface area contributed by atoms with Crippen molar-refractivity contribution in [1.82, 2.24) is 20.6 Å². The summed E-state index contributed by atoms with van der Waals surface area (Å²) in [6, 6.07) is -0.807. The first-order valence-corrected chi connectivity index (χ1v) is 5.68. The summed E-state index contributed by atoms with van der Waals surface area (Å²) in [6.45, 7) is 0.854. The third-order valence-electron chi connectivity index (χ3n) is 2.80. The van der Waals surface area contributed by atoms with Crippen molar-refractivity contribution in [3.8, 4) is 0 Å². The van der Waals surface area contributed by atoms with Crippen molar-refractivity contribution in [2.45, 2.75) is 31.3 Å². The zero-order valence-electron chi connectivity index (χ0n) is 9.40. The lowest BCUT2D eigenvalue weighted by Gasteiger charge is -2.14. The predicted molar refractivity (Wildman–Crippen MR) is 60.9 cm³/mol. The molecule has 0 saturated carbocycles. The van der Waals surface area contributed by atoms with E-state index in [9.17, 15) is 9.59 Å². The number of H-pyrrole nitrogens is 1. The van der Waals surface area contributed by atoms with Crippen molar-refractivity contribution in [3.63, 3.8) is 0 Å². The maximum atomic E-state index is 11.8. The molecule has 0 bridgehead atoms. The number of nitrogens with one attached hydrogen (secondary N) is 3. The molecular formula is C11H15N4O2. The van der Waals surface area contributed by atoms with E-state index in [0.717, 1.165) is 25.1 Å². The van der Waals surface area contributed by atoms with Gasteiger partial charge in [-0.1, -0.05) is 0 Å². The van der Waals surface area contributed by atoms with E-state index in [2.05, 4.69) is 20.6 Å². The average molecular weight is 235 g/mol. The van der Waals surface area contributed by atoms with Crippen LogP contribution >= 0.6 is 0 Å². The van der Waals surface area contributed by atoms with E-state index in [1.54, 1.807) is 6.20 Å². The number of rotatable bonds is 5. The topological polar surface area (TPSA) is 86.9 Å². The molecule has 0 aliphatic carbocycles. The van der Waals surface area contributed by atoms with E-state index in [0.29, 0.717) is 6.42 Å². The molecule has 17 heavy (non-hydrogen) atoms. The van der Waals surface area contributed by atoms with Gasteiger partial charge < -0.3 is 15.6 Å². The van der Waals surface area contributed by atoms with E-state index in [4.69, 9.17) is 0 Å². The van der Waals surface area contributed by atoms with Crippen LogP contribution in [0.5, 0.6) is 0 Å². The van der Waals surface area contributed by atoms with Crippen LogP contribution in [0.1, 0.15) is 18.5 Å². The number of aromatic amines is 1. The molecular weight excluding hydrogens is 220 g/mol. The van der Waals surface area contributed by atoms with Crippen molar-refractivity contribution in [2.75, 3.05) is 6.54 Å². The van der Waals surface area contributed by atoms with E-state index in [1.165, 1.54) is 6.33 Å². The lowest BCUT2D eigenvalue weighted by molar-refractivity contribution is -0.123. The van der Waals surface area contributed by atoms with Crippen molar-refractivity contribution in [3.05, 3.63) is 18.2 Å². The summed E-state index contributed by atoms with van der Waals surface area (Å²) in [4.78, 5) is 29.4. The number of carbonyl (C=O) groups excluding carboxylic acids is 2. The molecule has 91 valence electrons. The van der Waals surface area contributed by atoms with Crippen LogP contribution in [0, 0.1) is 0 Å². The van der Waals surface area contributed by atoms with Gasteiger partial charge >= 0.3 is 0 Å². The molecule has 6 heteroatoms. The number of carbonyl (C=O) groups is 1. The quantitative estimate of drug-likeness (QED) is 0.629.